The van der Waals surface area contributed by atoms with Crippen molar-refractivity contribution in [2.45, 2.75) is 24.8 Å². The van der Waals surface area contributed by atoms with Crippen molar-refractivity contribution >= 4 is 5.91 Å². The van der Waals surface area contributed by atoms with Crippen LogP contribution in [-0.2, 0) is 12.0 Å². The molecule has 2 aliphatic rings. The van der Waals surface area contributed by atoms with E-state index in [-0.39, 0.29) is 11.3 Å². The maximum absolute atomic E-state index is 12.9. The quantitative estimate of drug-likeness (QED) is 0.633. The van der Waals surface area contributed by atoms with Gasteiger partial charge in [-0.2, -0.15) is 0 Å². The van der Waals surface area contributed by atoms with Crippen molar-refractivity contribution in [3.05, 3.63) is 77.6 Å². The summed E-state index contributed by atoms with van der Waals surface area (Å²) in [4.78, 5) is 26.7. The highest BCUT2D eigenvalue weighted by Gasteiger charge is 2.45. The third-order valence-corrected chi connectivity index (χ3v) is 6.82. The molecule has 3 heterocycles. The predicted molar refractivity (Wildman–Crippen MR) is 124 cm³/mol. The number of nitrogens with zero attached hydrogens (tertiary/aromatic N) is 4. The second-order valence-corrected chi connectivity index (χ2v) is 8.89. The smallest absolute Gasteiger partial charge is 0.257 e. The highest BCUT2D eigenvalue weighted by Crippen LogP contribution is 2.41. The lowest BCUT2D eigenvalue weighted by atomic mass is 9.71. The molecule has 1 saturated heterocycles. The summed E-state index contributed by atoms with van der Waals surface area (Å²) >= 11 is 0. The molecule has 32 heavy (non-hydrogen) atoms. The molecule has 164 valence electrons. The number of hydrogen-bond acceptors (Lipinski definition) is 5. The molecule has 1 spiro atoms. The Balaban J connectivity index is 1.40. The van der Waals surface area contributed by atoms with Crippen molar-refractivity contribution in [1.82, 2.24) is 19.8 Å². The topological polar surface area (TPSA) is 58.6 Å². The van der Waals surface area contributed by atoms with Crippen molar-refractivity contribution in [3.63, 3.8) is 0 Å². The third-order valence-electron chi connectivity index (χ3n) is 6.82. The molecule has 0 saturated carbocycles. The Morgan fingerprint density at radius 1 is 1.03 bits per heavy atom. The first-order valence-corrected chi connectivity index (χ1v) is 11.1. The number of carbonyl (C=O) groups excluding carboxylic acids is 1. The predicted octanol–water partition coefficient (Wildman–Crippen LogP) is 3.77. The molecule has 0 atom stereocenters. The molecule has 3 aromatic rings. The number of rotatable bonds is 4. The van der Waals surface area contributed by atoms with E-state index >= 15 is 0 Å². The van der Waals surface area contributed by atoms with Crippen molar-refractivity contribution < 1.29 is 9.53 Å². The molecule has 1 fully saturated rings. The Labute approximate surface area is 188 Å². The number of carbonyl (C=O) groups is 1. The van der Waals surface area contributed by atoms with Gasteiger partial charge in [0.25, 0.3) is 5.91 Å². The normalized spacial score (nSPS) is 17.9. The van der Waals surface area contributed by atoms with Crippen LogP contribution in [0.5, 0.6) is 5.75 Å². The lowest BCUT2D eigenvalue weighted by molar-refractivity contribution is 0.0624. The fourth-order valence-corrected chi connectivity index (χ4v) is 5.00. The first-order chi connectivity index (χ1) is 15.6. The van der Waals surface area contributed by atoms with E-state index in [0.717, 1.165) is 49.5 Å². The maximum Gasteiger partial charge on any atom is 0.257 e. The van der Waals surface area contributed by atoms with Crippen LogP contribution in [0.4, 0.5) is 0 Å². The average molecular weight is 429 g/mol. The van der Waals surface area contributed by atoms with E-state index in [1.165, 1.54) is 5.56 Å². The summed E-state index contributed by atoms with van der Waals surface area (Å²) in [5.74, 6) is 1.60. The summed E-state index contributed by atoms with van der Waals surface area (Å²) in [5, 5.41) is 0. The van der Waals surface area contributed by atoms with Crippen LogP contribution < -0.4 is 4.74 Å². The number of aromatic nitrogens is 2. The molecule has 0 aliphatic carbocycles. The van der Waals surface area contributed by atoms with Crippen molar-refractivity contribution in [3.8, 4) is 17.1 Å². The SMILES string of the molecule is COc1ccc(CN2CCC3(CC2)CN(C)C(=O)c2cnc(-c4ccccc4)nc23)cc1. The van der Waals surface area contributed by atoms with Gasteiger partial charge < -0.3 is 9.64 Å². The molecule has 1 aromatic heterocycles. The van der Waals surface area contributed by atoms with Gasteiger partial charge in [0.05, 0.1) is 18.4 Å². The Morgan fingerprint density at radius 2 is 1.75 bits per heavy atom. The highest BCUT2D eigenvalue weighted by molar-refractivity contribution is 5.96. The summed E-state index contributed by atoms with van der Waals surface area (Å²) in [6.07, 6.45) is 3.67. The molecular weight excluding hydrogens is 400 g/mol. The molecule has 6 nitrogen and oxygen atoms in total. The van der Waals surface area contributed by atoms with Crippen LogP contribution in [0.15, 0.2) is 60.8 Å². The molecule has 0 bridgehead atoms. The van der Waals surface area contributed by atoms with Crippen LogP contribution in [0.1, 0.15) is 34.5 Å². The van der Waals surface area contributed by atoms with Gasteiger partial charge >= 0.3 is 0 Å². The molecular formula is C26H28N4O2. The minimum Gasteiger partial charge on any atom is -0.497 e. The van der Waals surface area contributed by atoms with Crippen LogP contribution in [-0.4, -0.2) is 59.5 Å². The van der Waals surface area contributed by atoms with Gasteiger partial charge in [-0.05, 0) is 43.6 Å². The second kappa shape index (κ2) is 8.36. The van der Waals surface area contributed by atoms with Gasteiger partial charge in [-0.15, -0.1) is 0 Å². The lowest BCUT2D eigenvalue weighted by Gasteiger charge is -2.46. The number of ether oxygens (including phenoxy) is 1. The Hall–Kier alpha value is -3.25. The standard InChI is InChI=1S/C26H28N4O2/c1-29-18-26(12-14-30(15-13-26)17-19-8-10-21(32-2)11-9-19)23-22(25(29)31)16-27-24(28-23)20-6-4-3-5-7-20/h3-11,16H,12-15,17-18H2,1-2H3. The minimum atomic E-state index is -0.124. The van der Waals surface area contributed by atoms with E-state index in [2.05, 4.69) is 22.0 Å². The largest absolute Gasteiger partial charge is 0.497 e. The number of piperidine rings is 1. The molecule has 0 N–H and O–H groups in total. The summed E-state index contributed by atoms with van der Waals surface area (Å²) in [5.41, 5.74) is 3.72. The second-order valence-electron chi connectivity index (χ2n) is 8.89. The van der Waals surface area contributed by atoms with Crippen LogP contribution in [0, 0.1) is 0 Å². The van der Waals surface area contributed by atoms with Gasteiger partial charge in [0.15, 0.2) is 5.82 Å². The number of fused-ring (bicyclic) bond motifs is 2. The number of hydrogen-bond donors (Lipinski definition) is 0. The number of amides is 1. The zero-order valence-electron chi connectivity index (χ0n) is 18.6. The Bertz CT molecular complexity index is 1110. The van der Waals surface area contributed by atoms with Crippen LogP contribution in [0.25, 0.3) is 11.4 Å². The molecule has 6 heteroatoms. The molecule has 2 aromatic carbocycles. The molecule has 2 aliphatic heterocycles. The van der Waals surface area contributed by atoms with E-state index in [0.29, 0.717) is 17.9 Å². The fourth-order valence-electron chi connectivity index (χ4n) is 5.00. The average Bonchev–Trinajstić information content (AvgIpc) is 2.85. The van der Waals surface area contributed by atoms with Crippen LogP contribution in [0.3, 0.4) is 0 Å². The number of likely N-dealkylation sites (N-methyl/N-ethyl adjacent to an activating group) is 1. The molecule has 0 radical (unpaired) electrons. The Kier molecular flexibility index (Phi) is 5.39. The van der Waals surface area contributed by atoms with E-state index in [1.54, 1.807) is 13.3 Å². The van der Waals surface area contributed by atoms with E-state index in [9.17, 15) is 4.79 Å². The fraction of sp³-hybridized carbons (Fsp3) is 0.346. The zero-order chi connectivity index (χ0) is 22.1. The summed E-state index contributed by atoms with van der Waals surface area (Å²) in [6.45, 7) is 3.57. The summed E-state index contributed by atoms with van der Waals surface area (Å²) in [7, 11) is 3.58. The van der Waals surface area contributed by atoms with Gasteiger partial charge in [0, 0.05) is 37.3 Å². The molecule has 0 unspecified atom stereocenters. The van der Waals surface area contributed by atoms with Gasteiger partial charge in [0.2, 0.25) is 0 Å². The third kappa shape index (κ3) is 3.75. The zero-order valence-corrected chi connectivity index (χ0v) is 18.6. The Morgan fingerprint density at radius 3 is 2.44 bits per heavy atom. The number of methoxy groups -OCH3 is 1. The summed E-state index contributed by atoms with van der Waals surface area (Å²) < 4.78 is 5.27. The van der Waals surface area contributed by atoms with Crippen molar-refractivity contribution in [1.29, 1.82) is 0 Å². The van der Waals surface area contributed by atoms with E-state index in [4.69, 9.17) is 9.72 Å². The van der Waals surface area contributed by atoms with Gasteiger partial charge in [-0.1, -0.05) is 42.5 Å². The van der Waals surface area contributed by atoms with E-state index < -0.39 is 0 Å². The monoisotopic (exact) mass is 428 g/mol. The minimum absolute atomic E-state index is 0.0194. The highest BCUT2D eigenvalue weighted by atomic mass is 16.5. The van der Waals surface area contributed by atoms with Gasteiger partial charge in [-0.25, -0.2) is 9.97 Å². The lowest BCUT2D eigenvalue weighted by Crippen LogP contribution is -2.53. The maximum atomic E-state index is 12.9. The van der Waals surface area contributed by atoms with Crippen LogP contribution in [0.2, 0.25) is 0 Å². The molecule has 1 amide bonds. The molecule has 5 rings (SSSR count). The summed E-state index contributed by atoms with van der Waals surface area (Å²) in [6, 6.07) is 18.3. The number of likely N-dealkylation sites (tertiary alicyclic amines) is 1. The van der Waals surface area contributed by atoms with E-state index in [1.807, 2.05) is 54.4 Å². The van der Waals surface area contributed by atoms with Gasteiger partial charge in [-0.3, -0.25) is 9.69 Å². The first-order valence-electron chi connectivity index (χ1n) is 11.1. The number of benzene rings is 2. The van der Waals surface area contributed by atoms with Gasteiger partial charge in [0.1, 0.15) is 5.75 Å². The van der Waals surface area contributed by atoms with Crippen molar-refractivity contribution in [2.75, 3.05) is 33.8 Å². The van der Waals surface area contributed by atoms with Crippen LogP contribution >= 0.6 is 0 Å². The first kappa shape index (κ1) is 20.6. The van der Waals surface area contributed by atoms with Crippen molar-refractivity contribution in [2.24, 2.45) is 0 Å².